The third-order valence-electron chi connectivity index (χ3n) is 5.93. The van der Waals surface area contributed by atoms with E-state index in [0.717, 1.165) is 0 Å². The van der Waals surface area contributed by atoms with Gasteiger partial charge in [-0.1, -0.05) is 47.5 Å². The predicted octanol–water partition coefficient (Wildman–Crippen LogP) is 5.07. The van der Waals surface area contributed by atoms with Crippen LogP contribution in [0.1, 0.15) is 18.4 Å². The molecular formula is C25H24Cl2N4O4. The second-order valence-corrected chi connectivity index (χ2v) is 8.98. The number of carbonyl (C=O) groups is 2. The molecule has 2 aromatic carbocycles. The Morgan fingerprint density at radius 1 is 1.23 bits per heavy atom. The number of methoxy groups -OCH3 is 1. The van der Waals surface area contributed by atoms with Crippen LogP contribution in [0.4, 0.5) is 10.5 Å². The molecule has 1 aromatic heterocycles. The minimum atomic E-state index is -1.08. The van der Waals surface area contributed by atoms with E-state index in [4.69, 9.17) is 33.7 Å². The fourth-order valence-electron chi connectivity index (χ4n) is 4.13. The summed E-state index contributed by atoms with van der Waals surface area (Å²) in [5.74, 6) is 0.433. The van der Waals surface area contributed by atoms with E-state index < -0.39 is 6.09 Å². The average Bonchev–Trinajstić information content (AvgIpc) is 3.25. The van der Waals surface area contributed by atoms with Crippen molar-refractivity contribution in [2.45, 2.75) is 25.4 Å². The third-order valence-corrected chi connectivity index (χ3v) is 6.73. The number of nitrogens with one attached hydrogen (secondary N) is 1. The Kier molecular flexibility index (Phi) is 7.33. The summed E-state index contributed by atoms with van der Waals surface area (Å²) >= 11 is 13.2. The van der Waals surface area contributed by atoms with Crippen LogP contribution in [0.3, 0.4) is 0 Å². The van der Waals surface area contributed by atoms with E-state index in [9.17, 15) is 14.7 Å². The zero-order valence-electron chi connectivity index (χ0n) is 18.9. The molecule has 2 amide bonds. The highest BCUT2D eigenvalue weighted by molar-refractivity contribution is 6.39. The number of carboxylic acid groups (broad SMARTS) is 1. The number of halogens is 2. The molecule has 10 heteroatoms. The number of nitrogens with zero attached hydrogens (tertiary/aromatic N) is 2. The van der Waals surface area contributed by atoms with Gasteiger partial charge in [0.2, 0.25) is 5.91 Å². The van der Waals surface area contributed by atoms with Gasteiger partial charge in [0.25, 0.3) is 0 Å². The number of amides is 2. The van der Waals surface area contributed by atoms with Crippen LogP contribution in [0.25, 0.3) is 22.4 Å². The number of aromatic nitrogens is 1. The molecule has 1 fully saturated rings. The number of anilines is 1. The Labute approximate surface area is 212 Å². The second-order valence-electron chi connectivity index (χ2n) is 8.22. The molecule has 35 heavy (non-hydrogen) atoms. The third kappa shape index (κ3) is 5.28. The molecular weight excluding hydrogens is 491 g/mol. The minimum absolute atomic E-state index is 0.0617. The topological polar surface area (TPSA) is 118 Å². The zero-order chi connectivity index (χ0) is 25.1. The summed E-state index contributed by atoms with van der Waals surface area (Å²) in [6.07, 6.45) is 1.58. The molecule has 0 saturated carbocycles. The number of rotatable bonds is 7. The largest absolute Gasteiger partial charge is 0.496 e. The maximum atomic E-state index is 11.9. The molecule has 0 radical (unpaired) electrons. The summed E-state index contributed by atoms with van der Waals surface area (Å²) in [6, 6.07) is 12.3. The van der Waals surface area contributed by atoms with E-state index in [1.165, 1.54) is 12.0 Å². The van der Waals surface area contributed by atoms with Gasteiger partial charge in [-0.05, 0) is 24.6 Å². The molecule has 1 saturated heterocycles. The highest BCUT2D eigenvalue weighted by Crippen LogP contribution is 2.40. The van der Waals surface area contributed by atoms with Crippen molar-refractivity contribution in [3.8, 4) is 28.1 Å². The minimum Gasteiger partial charge on any atom is -0.496 e. The van der Waals surface area contributed by atoms with Crippen LogP contribution in [0.5, 0.6) is 5.75 Å². The van der Waals surface area contributed by atoms with Gasteiger partial charge in [0, 0.05) is 47.5 Å². The van der Waals surface area contributed by atoms with Crippen LogP contribution >= 0.6 is 23.2 Å². The number of carbonyl (C=O) groups excluding carboxylic acids is 1. The van der Waals surface area contributed by atoms with Gasteiger partial charge in [0.1, 0.15) is 5.75 Å². The fraction of sp³-hybridized carbons (Fsp3) is 0.240. The number of benzene rings is 2. The van der Waals surface area contributed by atoms with Gasteiger partial charge < -0.3 is 25.8 Å². The van der Waals surface area contributed by atoms with Crippen molar-refractivity contribution in [1.29, 1.82) is 0 Å². The van der Waals surface area contributed by atoms with Crippen LogP contribution in [0, 0.1) is 0 Å². The maximum absolute atomic E-state index is 11.9. The SMILES string of the molecule is COc1cc(-c2nccc(-c3cccc(N)c3Cl)c2Cl)ccc1CN(C[C@@H]1CCC(=O)N1)C(=O)O. The monoisotopic (exact) mass is 514 g/mol. The van der Waals surface area contributed by atoms with E-state index in [1.807, 2.05) is 12.1 Å². The Morgan fingerprint density at radius 3 is 2.69 bits per heavy atom. The van der Waals surface area contributed by atoms with Gasteiger partial charge >= 0.3 is 6.09 Å². The van der Waals surface area contributed by atoms with Crippen molar-refractivity contribution in [2.24, 2.45) is 0 Å². The Hall–Kier alpha value is -3.49. The molecule has 0 aliphatic carbocycles. The molecule has 8 nitrogen and oxygen atoms in total. The van der Waals surface area contributed by atoms with Crippen LogP contribution in [0.2, 0.25) is 10.0 Å². The molecule has 0 spiro atoms. The predicted molar refractivity (Wildman–Crippen MR) is 136 cm³/mol. The summed E-state index contributed by atoms with van der Waals surface area (Å²) in [7, 11) is 1.52. The molecule has 1 atom stereocenters. The number of nitrogen functional groups attached to an aromatic ring is 1. The molecule has 3 aromatic rings. The number of hydrogen-bond donors (Lipinski definition) is 3. The lowest BCUT2D eigenvalue weighted by Crippen LogP contribution is -2.41. The van der Waals surface area contributed by atoms with E-state index in [1.54, 1.807) is 36.5 Å². The van der Waals surface area contributed by atoms with E-state index in [0.29, 0.717) is 62.3 Å². The van der Waals surface area contributed by atoms with Gasteiger partial charge in [0.15, 0.2) is 0 Å². The second kappa shape index (κ2) is 10.4. The molecule has 4 N–H and O–H groups in total. The van der Waals surface area contributed by atoms with Crippen molar-refractivity contribution in [2.75, 3.05) is 19.4 Å². The summed E-state index contributed by atoms with van der Waals surface area (Å²) in [5.41, 5.74) is 9.68. The van der Waals surface area contributed by atoms with E-state index >= 15 is 0 Å². The quantitative estimate of drug-likeness (QED) is 0.378. The van der Waals surface area contributed by atoms with Crippen molar-refractivity contribution < 1.29 is 19.4 Å². The van der Waals surface area contributed by atoms with Crippen molar-refractivity contribution in [1.82, 2.24) is 15.2 Å². The number of nitrogens with two attached hydrogens (primary N) is 1. The lowest BCUT2D eigenvalue weighted by molar-refractivity contribution is -0.119. The van der Waals surface area contributed by atoms with Crippen LogP contribution < -0.4 is 15.8 Å². The van der Waals surface area contributed by atoms with Crippen molar-refractivity contribution >= 4 is 40.9 Å². The molecule has 2 heterocycles. The van der Waals surface area contributed by atoms with Gasteiger partial charge in [-0.3, -0.25) is 9.78 Å². The molecule has 4 rings (SSSR count). The molecule has 1 aliphatic heterocycles. The van der Waals surface area contributed by atoms with E-state index in [-0.39, 0.29) is 25.0 Å². The molecule has 1 aliphatic rings. The first-order chi connectivity index (χ1) is 16.8. The summed E-state index contributed by atoms with van der Waals surface area (Å²) in [6.45, 7) is 0.299. The first kappa shape index (κ1) is 24.6. The Bertz CT molecular complexity index is 1280. The molecule has 182 valence electrons. The van der Waals surface area contributed by atoms with Gasteiger partial charge in [-0.25, -0.2) is 4.79 Å². The summed E-state index contributed by atoms with van der Waals surface area (Å²) in [4.78, 5) is 29.1. The average molecular weight is 515 g/mol. The van der Waals surface area contributed by atoms with Gasteiger partial charge in [-0.2, -0.15) is 0 Å². The highest BCUT2D eigenvalue weighted by atomic mass is 35.5. The zero-order valence-corrected chi connectivity index (χ0v) is 20.4. The smallest absolute Gasteiger partial charge is 0.407 e. The number of ether oxygens (including phenoxy) is 1. The van der Waals surface area contributed by atoms with Crippen LogP contribution in [-0.4, -0.2) is 46.7 Å². The molecule has 0 unspecified atom stereocenters. The van der Waals surface area contributed by atoms with Gasteiger partial charge in [-0.15, -0.1) is 0 Å². The highest BCUT2D eigenvalue weighted by Gasteiger charge is 2.26. The van der Waals surface area contributed by atoms with Gasteiger partial charge in [0.05, 0.1) is 35.1 Å². The lowest BCUT2D eigenvalue weighted by atomic mass is 10.0. The van der Waals surface area contributed by atoms with E-state index in [2.05, 4.69) is 10.3 Å². The normalized spacial score (nSPS) is 15.1. The summed E-state index contributed by atoms with van der Waals surface area (Å²) < 4.78 is 5.57. The maximum Gasteiger partial charge on any atom is 0.407 e. The van der Waals surface area contributed by atoms with Crippen LogP contribution in [0.15, 0.2) is 48.7 Å². The Balaban J connectivity index is 1.64. The summed E-state index contributed by atoms with van der Waals surface area (Å²) in [5, 5.41) is 13.3. The van der Waals surface area contributed by atoms with Crippen molar-refractivity contribution in [3.63, 3.8) is 0 Å². The first-order valence-corrected chi connectivity index (χ1v) is 11.7. The number of pyridine rings is 1. The first-order valence-electron chi connectivity index (χ1n) is 10.9. The standard InChI is InChI=1S/C25H24Cl2N4O4/c1-35-20-11-14(5-6-15(20)12-31(25(33)34)13-16-7-8-21(32)30-16)24-23(27)18(9-10-29-24)17-3-2-4-19(28)22(17)26/h2-6,9-11,16H,7-8,12-13,28H2,1H3,(H,30,32)(H,33,34)/t16-/m0/s1. The fourth-order valence-corrected chi connectivity index (χ4v) is 4.68. The van der Waals surface area contributed by atoms with Crippen LogP contribution in [-0.2, 0) is 11.3 Å². The van der Waals surface area contributed by atoms with Crippen molar-refractivity contribution in [3.05, 3.63) is 64.3 Å². The lowest BCUT2D eigenvalue weighted by Gasteiger charge is -2.24. The number of hydrogen-bond acceptors (Lipinski definition) is 5. The Morgan fingerprint density at radius 2 is 2.00 bits per heavy atom. The molecule has 0 bridgehead atoms.